The van der Waals surface area contributed by atoms with Gasteiger partial charge in [-0.1, -0.05) is 6.42 Å². The molecule has 0 atom stereocenters. The van der Waals surface area contributed by atoms with Gasteiger partial charge in [-0.05, 0) is 19.1 Å². The first kappa shape index (κ1) is 9.83. The van der Waals surface area contributed by atoms with E-state index in [1.54, 1.807) is 4.90 Å². The third kappa shape index (κ3) is 1.61. The summed E-state index contributed by atoms with van der Waals surface area (Å²) < 4.78 is 0.224. The molecule has 2 aliphatic rings. The summed E-state index contributed by atoms with van der Waals surface area (Å²) >= 11 is 1.82. The second kappa shape index (κ2) is 3.46. The molecule has 2 rings (SSSR count). The third-order valence-electron chi connectivity index (χ3n) is 3.04. The van der Waals surface area contributed by atoms with E-state index in [-0.39, 0.29) is 23.2 Å². The summed E-state index contributed by atoms with van der Waals surface area (Å²) in [6.45, 7) is 0.951. The van der Waals surface area contributed by atoms with Crippen LogP contribution < -0.4 is 5.32 Å². The second-order valence-corrected chi connectivity index (χ2v) is 5.22. The minimum atomic E-state index is -0.227. The molecule has 0 unspecified atom stereocenters. The molecule has 0 aromatic carbocycles. The van der Waals surface area contributed by atoms with Crippen molar-refractivity contribution in [3.63, 3.8) is 0 Å². The smallest absolute Gasteiger partial charge is 0.314 e. The largest absolute Gasteiger partial charge is 0.324 e. The average molecular weight is 214 g/mol. The Morgan fingerprint density at radius 3 is 2.57 bits per heavy atom. The minimum Gasteiger partial charge on any atom is -0.314 e. The van der Waals surface area contributed by atoms with Gasteiger partial charge in [-0.3, -0.25) is 10.1 Å². The molecular weight excluding hydrogens is 200 g/mol. The molecule has 1 aliphatic carbocycles. The molecule has 3 amide bonds. The van der Waals surface area contributed by atoms with Gasteiger partial charge in [0.1, 0.15) is 6.54 Å². The van der Waals surface area contributed by atoms with E-state index in [4.69, 9.17) is 0 Å². The van der Waals surface area contributed by atoms with Crippen molar-refractivity contribution in [2.75, 3.05) is 19.3 Å². The number of urea groups is 1. The number of nitrogens with zero attached hydrogens (tertiary/aromatic N) is 1. The Morgan fingerprint density at radius 1 is 1.50 bits per heavy atom. The summed E-state index contributed by atoms with van der Waals surface area (Å²) in [5, 5.41) is 2.30. The number of thioether (sulfide) groups is 1. The number of imide groups is 1. The highest BCUT2D eigenvalue weighted by atomic mass is 32.2. The molecule has 14 heavy (non-hydrogen) atoms. The predicted octanol–water partition coefficient (Wildman–Crippen LogP) is 0.824. The maximum Gasteiger partial charge on any atom is 0.324 e. The van der Waals surface area contributed by atoms with E-state index < -0.39 is 0 Å². The molecule has 0 aromatic heterocycles. The Labute approximate surface area is 87.4 Å². The fourth-order valence-corrected chi connectivity index (χ4v) is 2.94. The normalized spacial score (nSPS) is 24.8. The Hall–Kier alpha value is -0.710. The van der Waals surface area contributed by atoms with Crippen LogP contribution in [0.3, 0.4) is 0 Å². The number of hydrogen-bond acceptors (Lipinski definition) is 3. The fourth-order valence-electron chi connectivity index (χ4n) is 1.96. The van der Waals surface area contributed by atoms with E-state index in [9.17, 15) is 9.59 Å². The van der Waals surface area contributed by atoms with Gasteiger partial charge in [0, 0.05) is 11.3 Å². The highest BCUT2D eigenvalue weighted by Gasteiger charge is 2.41. The van der Waals surface area contributed by atoms with Crippen molar-refractivity contribution >= 4 is 23.7 Å². The van der Waals surface area contributed by atoms with Gasteiger partial charge in [0.25, 0.3) is 0 Å². The lowest BCUT2D eigenvalue weighted by Gasteiger charge is -2.42. The average Bonchev–Trinajstić information content (AvgIpc) is 2.38. The van der Waals surface area contributed by atoms with Crippen LogP contribution in [0, 0.1) is 0 Å². The van der Waals surface area contributed by atoms with E-state index in [0.717, 1.165) is 12.8 Å². The quantitative estimate of drug-likeness (QED) is 0.708. The number of nitrogens with one attached hydrogen (secondary N) is 1. The van der Waals surface area contributed by atoms with Gasteiger partial charge < -0.3 is 4.90 Å². The zero-order valence-electron chi connectivity index (χ0n) is 8.21. The van der Waals surface area contributed by atoms with Crippen molar-refractivity contribution < 1.29 is 9.59 Å². The number of rotatable bonds is 3. The van der Waals surface area contributed by atoms with Crippen LogP contribution in [-0.4, -0.2) is 40.9 Å². The van der Waals surface area contributed by atoms with E-state index >= 15 is 0 Å². The Bertz CT molecular complexity index is 270. The molecule has 4 nitrogen and oxygen atoms in total. The minimum absolute atomic E-state index is 0.175. The monoisotopic (exact) mass is 214 g/mol. The van der Waals surface area contributed by atoms with Crippen molar-refractivity contribution in [1.29, 1.82) is 0 Å². The first-order valence-electron chi connectivity index (χ1n) is 4.79. The summed E-state index contributed by atoms with van der Waals surface area (Å²) in [6.07, 6.45) is 5.64. The first-order chi connectivity index (χ1) is 6.65. The van der Waals surface area contributed by atoms with Crippen LogP contribution in [0.4, 0.5) is 4.79 Å². The van der Waals surface area contributed by atoms with Crippen molar-refractivity contribution in [3.05, 3.63) is 0 Å². The molecule has 5 heteroatoms. The second-order valence-electron chi connectivity index (χ2n) is 3.95. The Balaban J connectivity index is 1.96. The zero-order chi connectivity index (χ0) is 10.2. The van der Waals surface area contributed by atoms with Gasteiger partial charge in [0.2, 0.25) is 5.91 Å². The maximum absolute atomic E-state index is 11.3. The number of amides is 3. The lowest BCUT2D eigenvalue weighted by molar-refractivity contribution is -0.118. The van der Waals surface area contributed by atoms with Crippen LogP contribution in [-0.2, 0) is 4.79 Å². The maximum atomic E-state index is 11.3. The highest BCUT2D eigenvalue weighted by molar-refractivity contribution is 8.00. The van der Waals surface area contributed by atoms with Crippen molar-refractivity contribution in [2.45, 2.75) is 24.0 Å². The standard InChI is InChI=1S/C9H14N2O2S/c1-14-9(3-2-4-9)6-11-5-7(12)10-8(11)13/h2-6H2,1H3,(H,10,12,13). The van der Waals surface area contributed by atoms with E-state index in [1.165, 1.54) is 6.42 Å². The summed E-state index contributed by atoms with van der Waals surface area (Å²) in [5.41, 5.74) is 0. The molecule has 1 aliphatic heterocycles. The van der Waals surface area contributed by atoms with Crippen LogP contribution in [0.25, 0.3) is 0 Å². The first-order valence-corrected chi connectivity index (χ1v) is 6.02. The molecule has 78 valence electrons. The Morgan fingerprint density at radius 2 is 2.21 bits per heavy atom. The van der Waals surface area contributed by atoms with Gasteiger partial charge in [-0.15, -0.1) is 0 Å². The summed E-state index contributed by atoms with van der Waals surface area (Å²) in [6, 6.07) is -0.227. The van der Waals surface area contributed by atoms with Gasteiger partial charge in [0.15, 0.2) is 0 Å². The Kier molecular flexibility index (Phi) is 2.43. The molecule has 0 bridgehead atoms. The van der Waals surface area contributed by atoms with Crippen LogP contribution in [0.15, 0.2) is 0 Å². The third-order valence-corrected chi connectivity index (χ3v) is 4.45. The number of carbonyl (C=O) groups excluding carboxylic acids is 2. The molecular formula is C9H14N2O2S. The van der Waals surface area contributed by atoms with Crippen LogP contribution >= 0.6 is 11.8 Å². The number of hydrogen-bond donors (Lipinski definition) is 1. The predicted molar refractivity (Wildman–Crippen MR) is 55.2 cm³/mol. The van der Waals surface area contributed by atoms with Crippen LogP contribution in [0.2, 0.25) is 0 Å². The molecule has 1 N–H and O–H groups in total. The van der Waals surface area contributed by atoms with Crippen molar-refractivity contribution in [3.8, 4) is 0 Å². The van der Waals surface area contributed by atoms with E-state index in [1.807, 2.05) is 11.8 Å². The topological polar surface area (TPSA) is 49.4 Å². The SMILES string of the molecule is CSC1(CN2CC(=O)NC2=O)CCC1. The molecule has 0 radical (unpaired) electrons. The number of carbonyl (C=O) groups is 2. The lowest BCUT2D eigenvalue weighted by atomic mass is 9.84. The molecule has 2 fully saturated rings. The van der Waals surface area contributed by atoms with Crippen molar-refractivity contribution in [2.24, 2.45) is 0 Å². The van der Waals surface area contributed by atoms with Gasteiger partial charge in [0.05, 0.1) is 0 Å². The lowest BCUT2D eigenvalue weighted by Crippen LogP contribution is -2.46. The van der Waals surface area contributed by atoms with Gasteiger partial charge in [-0.25, -0.2) is 4.79 Å². The van der Waals surface area contributed by atoms with Crippen LogP contribution in [0.5, 0.6) is 0 Å². The molecule has 1 heterocycles. The van der Waals surface area contributed by atoms with E-state index in [0.29, 0.717) is 6.54 Å². The molecule has 1 saturated heterocycles. The van der Waals surface area contributed by atoms with Gasteiger partial charge >= 0.3 is 6.03 Å². The molecule has 0 spiro atoms. The van der Waals surface area contributed by atoms with E-state index in [2.05, 4.69) is 11.6 Å². The van der Waals surface area contributed by atoms with Crippen LogP contribution in [0.1, 0.15) is 19.3 Å². The molecule has 0 aromatic rings. The van der Waals surface area contributed by atoms with Gasteiger partial charge in [-0.2, -0.15) is 11.8 Å². The fraction of sp³-hybridized carbons (Fsp3) is 0.778. The summed E-state index contributed by atoms with van der Waals surface area (Å²) in [5.74, 6) is -0.175. The molecule has 1 saturated carbocycles. The summed E-state index contributed by atoms with van der Waals surface area (Å²) in [7, 11) is 0. The van der Waals surface area contributed by atoms with Crippen molar-refractivity contribution in [1.82, 2.24) is 10.2 Å². The zero-order valence-corrected chi connectivity index (χ0v) is 9.02. The highest BCUT2D eigenvalue weighted by Crippen LogP contribution is 2.43. The summed E-state index contributed by atoms with van der Waals surface area (Å²) in [4.78, 5) is 23.9.